The van der Waals surface area contributed by atoms with E-state index < -0.39 is 0 Å². The molecule has 104 valence electrons. The molecule has 3 heteroatoms. The average molecular weight is 269 g/mol. The molecule has 2 aromatic rings. The Hall–Kier alpha value is -2.13. The van der Waals surface area contributed by atoms with Gasteiger partial charge in [0.1, 0.15) is 0 Å². The van der Waals surface area contributed by atoms with Gasteiger partial charge < -0.3 is 10.0 Å². The molecule has 2 rings (SSSR count). The van der Waals surface area contributed by atoms with Gasteiger partial charge in [0.15, 0.2) is 0 Å². The van der Waals surface area contributed by atoms with Crippen molar-refractivity contribution >= 4 is 5.91 Å². The van der Waals surface area contributed by atoms with E-state index in [2.05, 4.69) is 0 Å². The second-order valence-electron chi connectivity index (χ2n) is 4.52. The van der Waals surface area contributed by atoms with Crippen LogP contribution in [0.5, 0.6) is 0 Å². The SMILES string of the molecule is CCN(CCO)C(=O)c1ccccc1-c1ccccc1. The topological polar surface area (TPSA) is 40.5 Å². The largest absolute Gasteiger partial charge is 0.395 e. The summed E-state index contributed by atoms with van der Waals surface area (Å²) in [6.45, 7) is 2.84. The van der Waals surface area contributed by atoms with E-state index in [1.54, 1.807) is 4.90 Å². The monoisotopic (exact) mass is 269 g/mol. The number of hydrogen-bond donors (Lipinski definition) is 1. The van der Waals surface area contributed by atoms with Crippen molar-refractivity contribution in [2.45, 2.75) is 6.92 Å². The Kier molecular flexibility index (Phi) is 4.91. The van der Waals surface area contributed by atoms with Crippen molar-refractivity contribution in [1.29, 1.82) is 0 Å². The van der Waals surface area contributed by atoms with Crippen LogP contribution in [0.2, 0.25) is 0 Å². The van der Waals surface area contributed by atoms with Crippen molar-refractivity contribution in [2.24, 2.45) is 0 Å². The van der Waals surface area contributed by atoms with Gasteiger partial charge in [0.2, 0.25) is 0 Å². The van der Waals surface area contributed by atoms with Crippen molar-refractivity contribution in [1.82, 2.24) is 4.90 Å². The van der Waals surface area contributed by atoms with E-state index in [-0.39, 0.29) is 12.5 Å². The smallest absolute Gasteiger partial charge is 0.254 e. The predicted octanol–water partition coefficient (Wildman–Crippen LogP) is 2.81. The number of hydrogen-bond acceptors (Lipinski definition) is 2. The molecule has 3 nitrogen and oxygen atoms in total. The number of carbonyl (C=O) groups excluding carboxylic acids is 1. The Balaban J connectivity index is 2.40. The minimum Gasteiger partial charge on any atom is -0.395 e. The molecule has 0 unspecified atom stereocenters. The van der Waals surface area contributed by atoms with E-state index in [1.165, 1.54) is 0 Å². The highest BCUT2D eigenvalue weighted by Crippen LogP contribution is 2.24. The van der Waals surface area contributed by atoms with E-state index >= 15 is 0 Å². The van der Waals surface area contributed by atoms with Crippen LogP contribution in [0, 0.1) is 0 Å². The molecule has 0 spiro atoms. The molecule has 0 fully saturated rings. The highest BCUT2D eigenvalue weighted by molar-refractivity contribution is 6.00. The van der Waals surface area contributed by atoms with Crippen LogP contribution >= 0.6 is 0 Å². The van der Waals surface area contributed by atoms with Gasteiger partial charge in [0.05, 0.1) is 6.61 Å². The Morgan fingerprint density at radius 2 is 1.70 bits per heavy atom. The van der Waals surface area contributed by atoms with E-state index in [0.717, 1.165) is 11.1 Å². The number of amides is 1. The molecule has 0 saturated carbocycles. The van der Waals surface area contributed by atoms with Crippen LogP contribution in [-0.4, -0.2) is 35.6 Å². The summed E-state index contributed by atoms with van der Waals surface area (Å²) in [5, 5.41) is 9.06. The van der Waals surface area contributed by atoms with Crippen molar-refractivity contribution in [3.63, 3.8) is 0 Å². The first-order chi connectivity index (χ1) is 9.77. The third-order valence-corrected chi connectivity index (χ3v) is 3.28. The number of carbonyl (C=O) groups is 1. The van der Waals surface area contributed by atoms with E-state index in [4.69, 9.17) is 5.11 Å². The van der Waals surface area contributed by atoms with Gasteiger partial charge in [-0.15, -0.1) is 0 Å². The zero-order chi connectivity index (χ0) is 14.4. The molecule has 1 N–H and O–H groups in total. The Bertz CT molecular complexity index is 566. The highest BCUT2D eigenvalue weighted by atomic mass is 16.3. The number of rotatable bonds is 5. The summed E-state index contributed by atoms with van der Waals surface area (Å²) in [6, 6.07) is 17.5. The van der Waals surface area contributed by atoms with Gasteiger partial charge >= 0.3 is 0 Å². The van der Waals surface area contributed by atoms with Crippen LogP contribution in [0.15, 0.2) is 54.6 Å². The van der Waals surface area contributed by atoms with E-state index in [9.17, 15) is 4.79 Å². The first-order valence-corrected chi connectivity index (χ1v) is 6.82. The molecule has 0 heterocycles. The van der Waals surface area contributed by atoms with Crippen molar-refractivity contribution in [2.75, 3.05) is 19.7 Å². The minimum atomic E-state index is -0.0407. The molecule has 0 aliphatic carbocycles. The molecule has 1 amide bonds. The van der Waals surface area contributed by atoms with Gasteiger partial charge in [-0.2, -0.15) is 0 Å². The van der Waals surface area contributed by atoms with Crippen LogP contribution in [0.1, 0.15) is 17.3 Å². The summed E-state index contributed by atoms with van der Waals surface area (Å²) in [5.74, 6) is -0.0407. The van der Waals surface area contributed by atoms with Crippen LogP contribution in [-0.2, 0) is 0 Å². The number of nitrogens with zero attached hydrogens (tertiary/aromatic N) is 1. The number of likely N-dealkylation sites (N-methyl/N-ethyl adjacent to an activating group) is 1. The highest BCUT2D eigenvalue weighted by Gasteiger charge is 2.17. The number of aliphatic hydroxyl groups excluding tert-OH is 1. The summed E-state index contributed by atoms with van der Waals surface area (Å²) < 4.78 is 0. The maximum Gasteiger partial charge on any atom is 0.254 e. The predicted molar refractivity (Wildman–Crippen MR) is 80.5 cm³/mol. The molecule has 0 aliphatic rings. The third kappa shape index (κ3) is 3.06. The fourth-order valence-corrected chi connectivity index (χ4v) is 2.23. The molecule has 0 aliphatic heterocycles. The fraction of sp³-hybridized carbons (Fsp3) is 0.235. The van der Waals surface area contributed by atoms with Crippen LogP contribution < -0.4 is 0 Å². The first-order valence-electron chi connectivity index (χ1n) is 6.82. The van der Waals surface area contributed by atoms with Gasteiger partial charge in [-0.25, -0.2) is 0 Å². The van der Waals surface area contributed by atoms with Crippen LogP contribution in [0.3, 0.4) is 0 Å². The molecule has 20 heavy (non-hydrogen) atoms. The normalized spacial score (nSPS) is 10.3. The lowest BCUT2D eigenvalue weighted by Crippen LogP contribution is -2.33. The summed E-state index contributed by atoms with van der Waals surface area (Å²) in [5.41, 5.74) is 2.62. The third-order valence-electron chi connectivity index (χ3n) is 3.28. The van der Waals surface area contributed by atoms with Crippen molar-refractivity contribution in [3.8, 4) is 11.1 Å². The lowest BCUT2D eigenvalue weighted by molar-refractivity contribution is 0.0733. The van der Waals surface area contributed by atoms with Gasteiger partial charge in [-0.05, 0) is 24.1 Å². The van der Waals surface area contributed by atoms with E-state index in [1.807, 2.05) is 61.5 Å². The summed E-state index contributed by atoms with van der Waals surface area (Å²) in [6.07, 6.45) is 0. The van der Waals surface area contributed by atoms with E-state index in [0.29, 0.717) is 18.7 Å². The Morgan fingerprint density at radius 1 is 1.05 bits per heavy atom. The van der Waals surface area contributed by atoms with Crippen LogP contribution in [0.4, 0.5) is 0 Å². The molecule has 0 atom stereocenters. The van der Waals surface area contributed by atoms with Gasteiger partial charge in [0, 0.05) is 18.7 Å². The molecule has 0 aromatic heterocycles. The number of aliphatic hydroxyl groups is 1. The lowest BCUT2D eigenvalue weighted by atomic mass is 9.99. The van der Waals surface area contributed by atoms with Crippen molar-refractivity contribution < 1.29 is 9.90 Å². The molecular weight excluding hydrogens is 250 g/mol. The molecule has 0 saturated heterocycles. The molecule has 2 aromatic carbocycles. The quantitative estimate of drug-likeness (QED) is 0.906. The second kappa shape index (κ2) is 6.87. The maximum atomic E-state index is 12.6. The zero-order valence-electron chi connectivity index (χ0n) is 11.6. The van der Waals surface area contributed by atoms with Gasteiger partial charge in [-0.3, -0.25) is 4.79 Å². The number of benzene rings is 2. The lowest BCUT2D eigenvalue weighted by Gasteiger charge is -2.21. The van der Waals surface area contributed by atoms with Gasteiger partial charge in [-0.1, -0.05) is 48.5 Å². The van der Waals surface area contributed by atoms with Gasteiger partial charge in [0.25, 0.3) is 5.91 Å². The molecular formula is C17H19NO2. The van der Waals surface area contributed by atoms with Crippen LogP contribution in [0.25, 0.3) is 11.1 Å². The summed E-state index contributed by atoms with van der Waals surface area (Å²) >= 11 is 0. The summed E-state index contributed by atoms with van der Waals surface area (Å²) in [4.78, 5) is 14.2. The zero-order valence-corrected chi connectivity index (χ0v) is 11.6. The minimum absolute atomic E-state index is 0.0208. The second-order valence-corrected chi connectivity index (χ2v) is 4.52. The van der Waals surface area contributed by atoms with Crippen molar-refractivity contribution in [3.05, 3.63) is 60.2 Å². The summed E-state index contributed by atoms with van der Waals surface area (Å²) in [7, 11) is 0. The molecule has 0 bridgehead atoms. The molecule has 0 radical (unpaired) electrons. The Morgan fingerprint density at radius 3 is 2.35 bits per heavy atom. The Labute approximate surface area is 119 Å². The fourth-order valence-electron chi connectivity index (χ4n) is 2.23. The maximum absolute atomic E-state index is 12.6. The average Bonchev–Trinajstić information content (AvgIpc) is 2.53. The standard InChI is InChI=1S/C17H19NO2/c1-2-18(12-13-19)17(20)16-11-7-6-10-15(16)14-8-4-3-5-9-14/h3-11,19H,2,12-13H2,1H3. The first kappa shape index (κ1) is 14.3.